The molecule has 0 spiro atoms. The minimum absolute atomic E-state index is 0.321. The van der Waals surface area contributed by atoms with Gasteiger partial charge >= 0.3 is 5.97 Å². The zero-order valence-electron chi connectivity index (χ0n) is 10.9. The van der Waals surface area contributed by atoms with Gasteiger partial charge in [0.1, 0.15) is 0 Å². The highest BCUT2D eigenvalue weighted by Gasteiger charge is 2.29. The Morgan fingerprint density at radius 3 is 2.50 bits per heavy atom. The molecule has 18 heavy (non-hydrogen) atoms. The van der Waals surface area contributed by atoms with Gasteiger partial charge in [-0.3, -0.25) is 4.79 Å². The number of carboxylic acid groups (broad SMARTS) is 1. The van der Waals surface area contributed by atoms with E-state index in [1.807, 2.05) is 37.4 Å². The van der Waals surface area contributed by atoms with E-state index in [9.17, 15) is 9.90 Å². The molecule has 2 unspecified atom stereocenters. The number of para-hydroxylation sites is 1. The maximum Gasteiger partial charge on any atom is 0.309 e. The third kappa shape index (κ3) is 2.82. The maximum atomic E-state index is 11.3. The number of likely N-dealkylation sites (N-methyl/N-ethyl adjacent to an activating group) is 1. The summed E-state index contributed by atoms with van der Waals surface area (Å²) in [5.41, 5.74) is 1.10. The average Bonchev–Trinajstić information content (AvgIpc) is 2.49. The predicted octanol–water partition coefficient (Wildman–Crippen LogP) is 1.53. The van der Waals surface area contributed by atoms with Gasteiger partial charge in [-0.2, -0.15) is 0 Å². The summed E-state index contributed by atoms with van der Waals surface area (Å²) in [7, 11) is 1.99. The largest absolute Gasteiger partial charge is 0.481 e. The Kier molecular flexibility index (Phi) is 3.87. The molecule has 1 saturated heterocycles. The lowest BCUT2D eigenvalue weighted by Crippen LogP contribution is -2.39. The Morgan fingerprint density at radius 1 is 1.22 bits per heavy atom. The van der Waals surface area contributed by atoms with E-state index in [-0.39, 0.29) is 5.92 Å². The number of rotatable bonds is 2. The van der Waals surface area contributed by atoms with Gasteiger partial charge in [0.15, 0.2) is 0 Å². The van der Waals surface area contributed by atoms with Crippen LogP contribution in [0.2, 0.25) is 0 Å². The normalized spacial score (nSPS) is 25.8. The molecule has 1 N–H and O–H groups in total. The topological polar surface area (TPSA) is 43.8 Å². The fourth-order valence-corrected chi connectivity index (χ4v) is 2.61. The van der Waals surface area contributed by atoms with Crippen molar-refractivity contribution in [3.8, 4) is 0 Å². The zero-order chi connectivity index (χ0) is 13.1. The van der Waals surface area contributed by atoms with Gasteiger partial charge in [-0.05, 0) is 26.1 Å². The van der Waals surface area contributed by atoms with Crippen LogP contribution in [-0.2, 0) is 4.79 Å². The highest BCUT2D eigenvalue weighted by Crippen LogP contribution is 2.21. The molecule has 2 rings (SSSR count). The van der Waals surface area contributed by atoms with E-state index in [1.165, 1.54) is 0 Å². The maximum absolute atomic E-state index is 11.3. The molecule has 1 aliphatic rings. The van der Waals surface area contributed by atoms with Crippen LogP contribution >= 0.6 is 0 Å². The molecule has 4 heteroatoms. The van der Waals surface area contributed by atoms with Crippen LogP contribution in [0.3, 0.4) is 0 Å². The Labute approximate surface area is 108 Å². The van der Waals surface area contributed by atoms with Crippen molar-refractivity contribution in [1.82, 2.24) is 4.90 Å². The first-order valence-corrected chi connectivity index (χ1v) is 6.31. The van der Waals surface area contributed by atoms with E-state index in [1.54, 1.807) is 0 Å². The van der Waals surface area contributed by atoms with Crippen LogP contribution in [0.25, 0.3) is 0 Å². The summed E-state index contributed by atoms with van der Waals surface area (Å²) >= 11 is 0. The lowest BCUT2D eigenvalue weighted by molar-refractivity contribution is -0.141. The molecule has 98 valence electrons. The number of hydrogen-bond acceptors (Lipinski definition) is 3. The van der Waals surface area contributed by atoms with E-state index in [0.717, 1.165) is 12.2 Å². The van der Waals surface area contributed by atoms with Gasteiger partial charge in [-0.25, -0.2) is 0 Å². The van der Waals surface area contributed by atoms with Gasteiger partial charge in [0, 0.05) is 31.4 Å². The molecule has 1 aromatic rings. The second-order valence-electron chi connectivity index (χ2n) is 5.09. The summed E-state index contributed by atoms with van der Waals surface area (Å²) < 4.78 is 0. The molecular formula is C14H20N2O2. The van der Waals surface area contributed by atoms with Gasteiger partial charge in [0.05, 0.1) is 5.92 Å². The number of anilines is 1. The molecular weight excluding hydrogens is 228 g/mol. The van der Waals surface area contributed by atoms with Gasteiger partial charge in [0.25, 0.3) is 0 Å². The highest BCUT2D eigenvalue weighted by molar-refractivity contribution is 5.71. The van der Waals surface area contributed by atoms with Crippen molar-refractivity contribution in [1.29, 1.82) is 0 Å². The SMILES string of the molecule is CC1CN(C)CC(C(=O)O)CN1c1ccccc1. The quantitative estimate of drug-likeness (QED) is 0.862. The van der Waals surface area contributed by atoms with Crippen molar-refractivity contribution in [2.24, 2.45) is 5.92 Å². The number of hydrogen-bond donors (Lipinski definition) is 1. The summed E-state index contributed by atoms with van der Waals surface area (Å²) in [6, 6.07) is 10.4. The van der Waals surface area contributed by atoms with Crippen LogP contribution in [-0.4, -0.2) is 48.7 Å². The molecule has 4 nitrogen and oxygen atoms in total. The second kappa shape index (κ2) is 5.40. The first-order chi connectivity index (χ1) is 8.58. The molecule has 1 fully saturated rings. The van der Waals surface area contributed by atoms with E-state index < -0.39 is 5.97 Å². The minimum Gasteiger partial charge on any atom is -0.481 e. The number of carbonyl (C=O) groups is 1. The molecule has 0 amide bonds. The fraction of sp³-hybridized carbons (Fsp3) is 0.500. The first-order valence-electron chi connectivity index (χ1n) is 6.31. The van der Waals surface area contributed by atoms with Crippen molar-refractivity contribution < 1.29 is 9.90 Å². The van der Waals surface area contributed by atoms with Gasteiger partial charge in [0.2, 0.25) is 0 Å². The number of benzene rings is 1. The second-order valence-corrected chi connectivity index (χ2v) is 5.09. The van der Waals surface area contributed by atoms with E-state index in [0.29, 0.717) is 19.1 Å². The summed E-state index contributed by atoms with van der Waals surface area (Å²) in [6.07, 6.45) is 0. The Morgan fingerprint density at radius 2 is 1.89 bits per heavy atom. The van der Waals surface area contributed by atoms with Crippen LogP contribution in [0.5, 0.6) is 0 Å². The number of nitrogens with zero attached hydrogens (tertiary/aromatic N) is 2. The smallest absolute Gasteiger partial charge is 0.309 e. The van der Waals surface area contributed by atoms with Crippen molar-refractivity contribution >= 4 is 11.7 Å². The van der Waals surface area contributed by atoms with Gasteiger partial charge in [-0.15, -0.1) is 0 Å². The van der Waals surface area contributed by atoms with E-state index >= 15 is 0 Å². The van der Waals surface area contributed by atoms with Crippen LogP contribution in [0.4, 0.5) is 5.69 Å². The molecule has 1 heterocycles. The van der Waals surface area contributed by atoms with Crippen LogP contribution in [0, 0.1) is 5.92 Å². The van der Waals surface area contributed by atoms with Crippen LogP contribution in [0.15, 0.2) is 30.3 Å². The Bertz CT molecular complexity index is 408. The van der Waals surface area contributed by atoms with Gasteiger partial charge < -0.3 is 14.9 Å². The molecule has 0 bridgehead atoms. The zero-order valence-corrected chi connectivity index (χ0v) is 10.9. The van der Waals surface area contributed by atoms with Crippen molar-refractivity contribution in [2.75, 3.05) is 31.6 Å². The molecule has 1 aromatic carbocycles. The third-order valence-electron chi connectivity index (χ3n) is 3.49. The molecule has 1 aliphatic heterocycles. The molecule has 0 aliphatic carbocycles. The van der Waals surface area contributed by atoms with E-state index in [2.05, 4.69) is 16.7 Å². The lowest BCUT2D eigenvalue weighted by atomic mass is 10.1. The van der Waals surface area contributed by atoms with Crippen LogP contribution in [0.1, 0.15) is 6.92 Å². The number of carboxylic acids is 1. The fourth-order valence-electron chi connectivity index (χ4n) is 2.61. The van der Waals surface area contributed by atoms with Gasteiger partial charge in [-0.1, -0.05) is 18.2 Å². The highest BCUT2D eigenvalue weighted by atomic mass is 16.4. The summed E-state index contributed by atoms with van der Waals surface area (Å²) in [5.74, 6) is -1.04. The Hall–Kier alpha value is -1.55. The van der Waals surface area contributed by atoms with Crippen molar-refractivity contribution in [2.45, 2.75) is 13.0 Å². The summed E-state index contributed by atoms with van der Waals surface area (Å²) in [5, 5.41) is 9.28. The number of aliphatic carboxylic acids is 1. The Balaban J connectivity index is 2.24. The minimum atomic E-state index is -0.711. The summed E-state index contributed by atoms with van der Waals surface area (Å²) in [4.78, 5) is 15.6. The average molecular weight is 248 g/mol. The molecule has 2 atom stereocenters. The summed E-state index contributed by atoms with van der Waals surface area (Å²) in [6.45, 7) is 4.22. The molecule has 0 radical (unpaired) electrons. The predicted molar refractivity (Wildman–Crippen MR) is 71.9 cm³/mol. The third-order valence-corrected chi connectivity index (χ3v) is 3.49. The van der Waals surface area contributed by atoms with Crippen molar-refractivity contribution in [3.05, 3.63) is 30.3 Å². The monoisotopic (exact) mass is 248 g/mol. The standard InChI is InChI=1S/C14H20N2O2/c1-11-8-15(2)9-12(14(17)18)10-16(11)13-6-4-3-5-7-13/h3-7,11-12H,8-10H2,1-2H3,(H,17,18). The molecule has 0 aromatic heterocycles. The molecule has 0 saturated carbocycles. The van der Waals surface area contributed by atoms with E-state index in [4.69, 9.17) is 0 Å². The lowest BCUT2D eigenvalue weighted by Gasteiger charge is -2.30. The van der Waals surface area contributed by atoms with Crippen molar-refractivity contribution in [3.63, 3.8) is 0 Å². The first kappa shape index (κ1) is 12.9. The van der Waals surface area contributed by atoms with Crippen LogP contribution < -0.4 is 4.90 Å².